The number of hydrogen-bond acceptors (Lipinski definition) is 19. The average Bonchev–Trinajstić information content (AvgIpc) is 1.77. The number of aliphatic hydroxyl groups excluding tert-OH is 1. The van der Waals surface area contributed by atoms with Gasteiger partial charge in [0.05, 0.1) is 45.4 Å². The largest absolute Gasteiger partial charge is 0.488 e. The molecule has 14 aromatic rings. The molecule has 0 saturated heterocycles. The van der Waals surface area contributed by atoms with Crippen LogP contribution in [0.3, 0.4) is 0 Å². The number of aliphatic hydroxyl groups is 1. The summed E-state index contributed by atoms with van der Waals surface area (Å²) in [6.07, 6.45) is 6.52. The zero-order valence-electron chi connectivity index (χ0n) is 64.2. The van der Waals surface area contributed by atoms with Crippen LogP contribution in [0.15, 0.2) is 243 Å². The number of aromatic nitrogens is 8. The van der Waals surface area contributed by atoms with Crippen molar-refractivity contribution in [3.05, 3.63) is 305 Å². The second-order valence-corrected chi connectivity index (χ2v) is 27.1. The van der Waals surface area contributed by atoms with E-state index in [1.54, 1.807) is 88.7 Å². The summed E-state index contributed by atoms with van der Waals surface area (Å²) >= 11 is 1.96. The normalized spacial score (nSPS) is 10.7. The van der Waals surface area contributed by atoms with Gasteiger partial charge in [-0.25, -0.2) is 34.1 Å². The van der Waals surface area contributed by atoms with Crippen LogP contribution in [-0.2, 0) is 58.3 Å². The summed E-state index contributed by atoms with van der Waals surface area (Å²) < 4.78 is 27.5. The molecule has 24 nitrogen and oxygen atoms in total. The minimum atomic E-state index is -0.393. The van der Waals surface area contributed by atoms with Crippen LogP contribution in [0.1, 0.15) is 87.7 Å². The summed E-state index contributed by atoms with van der Waals surface area (Å²) in [5, 5.41) is 40.1. The van der Waals surface area contributed by atoms with Crippen molar-refractivity contribution in [1.29, 1.82) is 0 Å². The number of nitrogen functional groups attached to an aromatic ring is 6. The summed E-state index contributed by atoms with van der Waals surface area (Å²) in [4.78, 5) is 40.1. The van der Waals surface area contributed by atoms with Crippen molar-refractivity contribution in [1.82, 2.24) is 39.5 Å². The van der Waals surface area contributed by atoms with Gasteiger partial charge in [0.15, 0.2) is 0 Å². The van der Waals surface area contributed by atoms with Crippen molar-refractivity contribution < 1.29 is 51.5 Å². The minimum Gasteiger partial charge on any atom is -0.488 e. The molecule has 0 bridgehead atoms. The van der Waals surface area contributed by atoms with Gasteiger partial charge in [0, 0.05) is 109 Å². The Labute approximate surface area is 676 Å². The zero-order valence-corrected chi connectivity index (χ0v) is 67.6. The van der Waals surface area contributed by atoms with Gasteiger partial charge in [-0.15, -0.1) is 0 Å². The summed E-state index contributed by atoms with van der Waals surface area (Å²) in [6, 6.07) is 67.3. The Morgan fingerprint density at radius 2 is 0.865 bits per heavy atom. The van der Waals surface area contributed by atoms with Crippen molar-refractivity contribution in [2.75, 3.05) is 49.9 Å². The van der Waals surface area contributed by atoms with Gasteiger partial charge < -0.3 is 66.5 Å². The number of nitrogens with one attached hydrogen (secondary N) is 2. The molecule has 14 rings (SSSR count). The molecule has 0 saturated carbocycles. The monoisotopic (exact) mass is 1790 g/mol. The van der Waals surface area contributed by atoms with Crippen LogP contribution in [0.25, 0.3) is 43.7 Å². The minimum absolute atomic E-state index is 0. The van der Waals surface area contributed by atoms with Crippen LogP contribution in [-0.4, -0.2) is 60.5 Å². The van der Waals surface area contributed by atoms with E-state index in [4.69, 9.17) is 60.2 Å². The molecule has 26 heteroatoms. The summed E-state index contributed by atoms with van der Waals surface area (Å²) in [6.45, 7) is 17.9. The van der Waals surface area contributed by atoms with Crippen LogP contribution < -0.4 is 59.2 Å². The number of nitrogens with zero attached hydrogens (tertiary/aromatic N) is 9. The van der Waals surface area contributed by atoms with Gasteiger partial charge in [-0.1, -0.05) is 166 Å². The Kier molecular flexibility index (Phi) is 30.7. The van der Waals surface area contributed by atoms with E-state index in [1.165, 1.54) is 11.6 Å². The molecule has 0 aliphatic heterocycles. The SMILES string of the molecule is Cc1ccc(-n2nc(C(C)(C)C)cc2N)cc1.Cc1ccc(-n2nc(C(C)(C)C)cc2NC(=O)Nc2ccc(OCc3ccnc(N)c3)c3ccccc23)cc1.Nc1cc(CO)ccn1.Nc1cc(COc2ccc(N)c3ccccc23)ccn1.Nc1cc(COc2ccc([N+](=O)[O-])c3ccccc23)ccn1.[2H]CI.[CH3-].[Pt]. The number of pyridine rings is 4. The van der Waals surface area contributed by atoms with Crippen molar-refractivity contribution in [2.45, 2.75) is 92.6 Å². The van der Waals surface area contributed by atoms with Crippen LogP contribution in [0.2, 0.25) is 0 Å². The maximum atomic E-state index is 13.2. The fourth-order valence-corrected chi connectivity index (χ4v) is 10.9. The van der Waals surface area contributed by atoms with Crippen molar-refractivity contribution in [3.8, 4) is 28.6 Å². The van der Waals surface area contributed by atoms with Crippen molar-refractivity contribution in [3.63, 3.8) is 0 Å². The molecule has 6 aromatic heterocycles. The third-order valence-corrected chi connectivity index (χ3v) is 16.6. The number of amides is 2. The molecule has 6 heterocycles. The second-order valence-electron chi connectivity index (χ2n) is 27.1. The maximum absolute atomic E-state index is 13.2. The first-order valence-corrected chi connectivity index (χ1v) is 36.0. The van der Waals surface area contributed by atoms with E-state index in [2.05, 4.69) is 96.3 Å². The molecule has 0 atom stereocenters. The van der Waals surface area contributed by atoms with Gasteiger partial charge in [-0.3, -0.25) is 15.4 Å². The van der Waals surface area contributed by atoms with Gasteiger partial charge in [-0.05, 0) is 150 Å². The smallest absolute Gasteiger partial charge is 0.324 e. The van der Waals surface area contributed by atoms with Gasteiger partial charge in [0.1, 0.15) is 72.0 Å². The Hall–Kier alpha value is -12.2. The maximum Gasteiger partial charge on any atom is 0.324 e. The average molecular weight is 1790 g/mol. The number of carbonyl (C=O) groups excluding carboxylic acids is 1. The summed E-state index contributed by atoms with van der Waals surface area (Å²) in [7, 11) is 0. The number of halogens is 1. The van der Waals surface area contributed by atoms with Gasteiger partial charge in [0.2, 0.25) is 0 Å². The number of nitro groups is 1. The molecule has 0 aliphatic carbocycles. The first-order chi connectivity index (χ1) is 52.7. The molecule has 111 heavy (non-hydrogen) atoms. The van der Waals surface area contributed by atoms with E-state index in [0.717, 1.165) is 83.6 Å². The first-order valence-electron chi connectivity index (χ1n) is 35.2. The Bertz CT molecular complexity index is 5430. The van der Waals surface area contributed by atoms with Crippen LogP contribution in [0, 0.1) is 31.4 Å². The third-order valence-electron chi connectivity index (χ3n) is 16.6. The van der Waals surface area contributed by atoms with E-state index >= 15 is 0 Å². The quantitative estimate of drug-likeness (QED) is 0.0115. The number of ether oxygens (including phenoxy) is 3. The molecule has 8 aromatic carbocycles. The van der Waals surface area contributed by atoms with Gasteiger partial charge in [-0.2, -0.15) is 10.2 Å². The molecular weight excluding hydrogens is 1690 g/mol. The predicted molar refractivity (Wildman–Crippen MR) is 454 cm³/mol. The molecule has 0 radical (unpaired) electrons. The molecule has 0 spiro atoms. The Balaban J connectivity index is 0.000000205. The number of carbonyl (C=O) groups is 1. The second kappa shape index (κ2) is 40.3. The number of benzene rings is 8. The van der Waals surface area contributed by atoms with Crippen LogP contribution in [0.5, 0.6) is 17.2 Å². The van der Waals surface area contributed by atoms with Crippen molar-refractivity contribution in [2.24, 2.45) is 0 Å². The summed E-state index contributed by atoms with van der Waals surface area (Å²) in [5.41, 5.74) is 45.4. The number of urea groups is 1. The third kappa shape index (κ3) is 24.2. The fourth-order valence-electron chi connectivity index (χ4n) is 10.9. The molecule has 2 amide bonds. The topological polar surface area (TPSA) is 376 Å². The Morgan fingerprint density at radius 1 is 0.495 bits per heavy atom. The molecule has 0 fully saturated rings. The fraction of sp³-hybridized carbons (Fsp3) is 0.176. The van der Waals surface area contributed by atoms with Gasteiger partial charge in [0.25, 0.3) is 5.69 Å². The Morgan fingerprint density at radius 3 is 1.29 bits per heavy atom. The number of rotatable bonds is 15. The van der Waals surface area contributed by atoms with E-state index in [0.29, 0.717) is 87.6 Å². The van der Waals surface area contributed by atoms with E-state index < -0.39 is 4.92 Å². The van der Waals surface area contributed by atoms with E-state index in [9.17, 15) is 14.9 Å². The number of aryl methyl sites for hydroxylation is 2. The molecule has 15 N–H and O–H groups in total. The number of non-ortho nitro benzene ring substituents is 1. The van der Waals surface area contributed by atoms with E-state index in [-0.39, 0.29) is 57.6 Å². The number of alkyl halides is 1. The standard InChI is InChI=1S/C31H32N6O2.C16H13N3O3.C16H15N3O.C14H19N3.C6H8N2O.CH3I.CH3.Pt/c1-20-9-11-22(12-10-20)37-29(18-27(36-37)31(2,3)4)35-30(38)34-25-13-14-26(24-8-6-5-7-23(24)25)39-19-21-15-16-33-28(32)17-21;17-16-9-11(7-8-18-16)10-22-15-6-5-14(19(20)21)12-3-1-2-4-13(12)15;17-14-5-6-15(13-4-2-1-3-12(13)14)20-10-11-7-8-19-16(18)9-11;1-10-5-7-11(8-6-10)17-13(15)9-12(16-17)14(2,3)4;7-6-3-5(4-9)1-2-8-6;1-2;;/h5-18H,19H2,1-4H3,(H2,32,33)(H2,34,35,38);1-9H,10H2,(H2,17,18);1-9H,10,17H2,(H2,18,19);5-9H,15H2,1-4H3;1-3,9H,4H2,(H2,7,8);1H3;1H3;/q;;;;;;-1;/i;;;;;1D;;. The number of nitro benzene ring substituents is 1. The molecule has 0 aliphatic rings. The number of fused-ring (bicyclic) bond motifs is 3. The van der Waals surface area contributed by atoms with Gasteiger partial charge >= 0.3 is 6.03 Å². The van der Waals surface area contributed by atoms with E-state index in [1.807, 2.05) is 175 Å². The van der Waals surface area contributed by atoms with Crippen LogP contribution >= 0.6 is 22.6 Å². The van der Waals surface area contributed by atoms with Crippen LogP contribution in [0.4, 0.5) is 56.8 Å². The first kappa shape index (κ1) is 84.4. The van der Waals surface area contributed by atoms with Crippen molar-refractivity contribution >= 4 is 113 Å². The number of nitrogens with two attached hydrogens (primary N) is 6. The molecular formula is C85H93IN17O7Pt-. The summed E-state index contributed by atoms with van der Waals surface area (Å²) in [5.74, 6) is 5.19. The molecule has 0 unspecified atom stereocenters. The molecule has 578 valence electrons. The zero-order chi connectivity index (χ0) is 79.1. The predicted octanol–water partition coefficient (Wildman–Crippen LogP) is 17.8. The number of hydrogen-bond donors (Lipinski definition) is 9. The number of anilines is 8.